The average molecular weight is 340 g/mol. The molecule has 0 spiro atoms. The molecular weight excluding hydrogens is 314 g/mol. The first kappa shape index (κ1) is 18.1. The highest BCUT2D eigenvalue weighted by Gasteiger charge is 2.32. The van der Waals surface area contributed by atoms with Gasteiger partial charge in [0.05, 0.1) is 11.3 Å². The number of nitrogens with one attached hydrogen (secondary N) is 1. The molecular formula is C16H26ClN5O. The van der Waals surface area contributed by atoms with Crippen molar-refractivity contribution in [1.82, 2.24) is 25.1 Å². The van der Waals surface area contributed by atoms with Gasteiger partial charge in [-0.3, -0.25) is 9.69 Å². The van der Waals surface area contributed by atoms with Gasteiger partial charge in [-0.15, -0.1) is 12.4 Å². The fraction of sp³-hybridized carbons (Fsp3) is 0.688. The van der Waals surface area contributed by atoms with Crippen molar-refractivity contribution in [3.8, 4) is 0 Å². The number of amides is 1. The minimum absolute atomic E-state index is 0. The van der Waals surface area contributed by atoms with E-state index in [2.05, 4.69) is 34.0 Å². The van der Waals surface area contributed by atoms with Crippen molar-refractivity contribution in [1.29, 1.82) is 0 Å². The lowest BCUT2D eigenvalue weighted by molar-refractivity contribution is 0.0771. The minimum Gasteiger partial charge on any atom is -0.337 e. The molecule has 1 aromatic heterocycles. The summed E-state index contributed by atoms with van der Waals surface area (Å²) in [6.07, 6.45) is 4.26. The van der Waals surface area contributed by atoms with Crippen LogP contribution in [0.2, 0.25) is 0 Å². The van der Waals surface area contributed by atoms with Gasteiger partial charge in [0.15, 0.2) is 0 Å². The van der Waals surface area contributed by atoms with Crippen molar-refractivity contribution in [2.24, 2.45) is 0 Å². The maximum Gasteiger partial charge on any atom is 0.257 e. The van der Waals surface area contributed by atoms with Gasteiger partial charge in [-0.25, -0.2) is 9.97 Å². The summed E-state index contributed by atoms with van der Waals surface area (Å²) in [5, 5.41) is 3.38. The SMILES string of the molecule is CC(C)c1ncncc1C(=O)N1CCC(N2CCNCC2)C1.Cl. The van der Waals surface area contributed by atoms with Gasteiger partial charge in [-0.05, 0) is 12.3 Å². The first-order valence-electron chi connectivity index (χ1n) is 8.20. The summed E-state index contributed by atoms with van der Waals surface area (Å²) in [6, 6.07) is 0.498. The fourth-order valence-electron chi connectivity index (χ4n) is 3.41. The molecule has 23 heavy (non-hydrogen) atoms. The Balaban J connectivity index is 0.00000192. The van der Waals surface area contributed by atoms with Crippen LogP contribution in [0.5, 0.6) is 0 Å². The topological polar surface area (TPSA) is 61.4 Å². The second-order valence-corrected chi connectivity index (χ2v) is 6.46. The summed E-state index contributed by atoms with van der Waals surface area (Å²) in [5.41, 5.74) is 1.52. The Kier molecular flexibility index (Phi) is 6.33. The van der Waals surface area contributed by atoms with Crippen molar-refractivity contribution < 1.29 is 4.79 Å². The van der Waals surface area contributed by atoms with E-state index in [1.807, 2.05) is 4.90 Å². The first-order chi connectivity index (χ1) is 10.7. The molecule has 128 valence electrons. The molecule has 6 nitrogen and oxygen atoms in total. The Labute approximate surface area is 144 Å². The van der Waals surface area contributed by atoms with Crippen LogP contribution < -0.4 is 5.32 Å². The van der Waals surface area contributed by atoms with Gasteiger partial charge >= 0.3 is 0 Å². The van der Waals surface area contributed by atoms with Crippen LogP contribution in [0, 0.1) is 0 Å². The summed E-state index contributed by atoms with van der Waals surface area (Å²) in [4.78, 5) is 25.6. The zero-order valence-electron chi connectivity index (χ0n) is 13.9. The first-order valence-corrected chi connectivity index (χ1v) is 8.20. The standard InChI is InChI=1S/C16H25N5O.ClH/c1-12(2)15-14(9-18-11-19-15)16(22)21-6-3-13(10-21)20-7-4-17-5-8-20;/h9,11-13,17H,3-8,10H2,1-2H3;1H. The monoisotopic (exact) mass is 339 g/mol. The van der Waals surface area contributed by atoms with Crippen LogP contribution in [0.15, 0.2) is 12.5 Å². The van der Waals surface area contributed by atoms with E-state index in [0.717, 1.165) is 51.4 Å². The average Bonchev–Trinajstić information content (AvgIpc) is 3.05. The number of hydrogen-bond acceptors (Lipinski definition) is 5. The Morgan fingerprint density at radius 2 is 2.04 bits per heavy atom. The molecule has 7 heteroatoms. The molecule has 0 saturated carbocycles. The van der Waals surface area contributed by atoms with Crippen molar-refractivity contribution in [3.63, 3.8) is 0 Å². The number of nitrogens with zero attached hydrogens (tertiary/aromatic N) is 4. The van der Waals surface area contributed by atoms with Crippen LogP contribution in [0.1, 0.15) is 42.2 Å². The van der Waals surface area contributed by atoms with Gasteiger partial charge < -0.3 is 10.2 Å². The number of likely N-dealkylation sites (tertiary alicyclic amines) is 1. The normalized spacial score (nSPS) is 22.2. The molecule has 3 heterocycles. The number of rotatable bonds is 3. The molecule has 1 unspecified atom stereocenters. The summed E-state index contributed by atoms with van der Waals surface area (Å²) in [5.74, 6) is 0.315. The van der Waals surface area contributed by atoms with E-state index >= 15 is 0 Å². The third-order valence-electron chi connectivity index (χ3n) is 4.64. The van der Waals surface area contributed by atoms with Gasteiger partial charge in [0.25, 0.3) is 5.91 Å². The highest BCUT2D eigenvalue weighted by atomic mass is 35.5. The lowest BCUT2D eigenvalue weighted by Crippen LogP contribution is -2.49. The van der Waals surface area contributed by atoms with E-state index < -0.39 is 0 Å². The van der Waals surface area contributed by atoms with Gasteiger partial charge in [0.2, 0.25) is 0 Å². The van der Waals surface area contributed by atoms with Crippen LogP contribution in [-0.4, -0.2) is 71.0 Å². The van der Waals surface area contributed by atoms with Gasteiger partial charge in [-0.2, -0.15) is 0 Å². The molecule has 0 radical (unpaired) electrons. The number of halogens is 1. The Morgan fingerprint density at radius 3 is 2.74 bits per heavy atom. The zero-order valence-corrected chi connectivity index (χ0v) is 14.7. The number of carbonyl (C=O) groups is 1. The maximum absolute atomic E-state index is 12.8. The van der Waals surface area contributed by atoms with Gasteiger partial charge in [0.1, 0.15) is 6.33 Å². The highest BCUT2D eigenvalue weighted by Crippen LogP contribution is 2.22. The summed E-state index contributed by atoms with van der Waals surface area (Å²) in [6.45, 7) is 10.0. The highest BCUT2D eigenvalue weighted by molar-refractivity contribution is 5.95. The third kappa shape index (κ3) is 4.00. The van der Waals surface area contributed by atoms with Crippen LogP contribution in [0.4, 0.5) is 0 Å². The van der Waals surface area contributed by atoms with Crippen LogP contribution in [-0.2, 0) is 0 Å². The second-order valence-electron chi connectivity index (χ2n) is 6.46. The number of carbonyl (C=O) groups excluding carboxylic acids is 1. The van der Waals surface area contributed by atoms with E-state index in [0.29, 0.717) is 11.6 Å². The van der Waals surface area contributed by atoms with E-state index in [1.165, 1.54) is 6.33 Å². The van der Waals surface area contributed by atoms with Crippen molar-refractivity contribution in [2.75, 3.05) is 39.3 Å². The zero-order chi connectivity index (χ0) is 15.5. The summed E-state index contributed by atoms with van der Waals surface area (Å²) in [7, 11) is 0. The molecule has 2 fully saturated rings. The lowest BCUT2D eigenvalue weighted by Gasteiger charge is -2.32. The molecule has 1 N–H and O–H groups in total. The van der Waals surface area contributed by atoms with Gasteiger partial charge in [0, 0.05) is 51.5 Å². The van der Waals surface area contributed by atoms with Gasteiger partial charge in [-0.1, -0.05) is 13.8 Å². The third-order valence-corrected chi connectivity index (χ3v) is 4.64. The van der Waals surface area contributed by atoms with Crippen LogP contribution in [0.3, 0.4) is 0 Å². The number of aromatic nitrogens is 2. The van der Waals surface area contributed by atoms with E-state index in [-0.39, 0.29) is 24.2 Å². The fourth-order valence-corrected chi connectivity index (χ4v) is 3.41. The van der Waals surface area contributed by atoms with Crippen molar-refractivity contribution in [3.05, 3.63) is 23.8 Å². The molecule has 2 aliphatic heterocycles. The summed E-state index contributed by atoms with van der Waals surface area (Å²) >= 11 is 0. The Bertz CT molecular complexity index is 533. The summed E-state index contributed by atoms with van der Waals surface area (Å²) < 4.78 is 0. The minimum atomic E-state index is 0. The molecule has 0 aliphatic carbocycles. The number of hydrogen-bond donors (Lipinski definition) is 1. The van der Waals surface area contributed by atoms with Crippen molar-refractivity contribution in [2.45, 2.75) is 32.2 Å². The largest absolute Gasteiger partial charge is 0.337 e. The lowest BCUT2D eigenvalue weighted by atomic mass is 10.0. The quantitative estimate of drug-likeness (QED) is 0.895. The van der Waals surface area contributed by atoms with Crippen LogP contribution in [0.25, 0.3) is 0 Å². The van der Waals surface area contributed by atoms with E-state index in [9.17, 15) is 4.79 Å². The molecule has 0 bridgehead atoms. The molecule has 2 aliphatic rings. The van der Waals surface area contributed by atoms with Crippen molar-refractivity contribution >= 4 is 18.3 Å². The van der Waals surface area contributed by atoms with E-state index in [4.69, 9.17) is 0 Å². The molecule has 1 atom stereocenters. The predicted molar refractivity (Wildman–Crippen MR) is 92.1 cm³/mol. The number of piperazine rings is 1. The second kappa shape index (κ2) is 8.04. The maximum atomic E-state index is 12.8. The molecule has 1 aromatic rings. The smallest absolute Gasteiger partial charge is 0.257 e. The van der Waals surface area contributed by atoms with Crippen LogP contribution >= 0.6 is 12.4 Å². The Morgan fingerprint density at radius 1 is 1.30 bits per heavy atom. The Hall–Kier alpha value is -1.24. The molecule has 0 aromatic carbocycles. The predicted octanol–water partition coefficient (Wildman–Crippen LogP) is 1.14. The molecule has 2 saturated heterocycles. The van der Waals surface area contributed by atoms with E-state index in [1.54, 1.807) is 6.20 Å². The molecule has 1 amide bonds. The molecule has 3 rings (SSSR count).